The Morgan fingerprint density at radius 3 is 2.10 bits per heavy atom. The third kappa shape index (κ3) is 15.1. The minimum Gasteiger partial charge on any atom is -0.492 e. The van der Waals surface area contributed by atoms with Crippen LogP contribution in [-0.4, -0.2) is 134 Å². The molecule has 1 aliphatic rings. The molecule has 0 atom stereocenters. The van der Waals surface area contributed by atoms with E-state index < -0.39 is 5.97 Å². The molecule has 222 valence electrons. The lowest BCUT2D eigenvalue weighted by Gasteiger charge is -2.26. The van der Waals surface area contributed by atoms with Crippen molar-refractivity contribution in [3.63, 3.8) is 0 Å². The van der Waals surface area contributed by atoms with E-state index in [2.05, 4.69) is 9.88 Å². The first-order valence-corrected chi connectivity index (χ1v) is 13.4. The minimum absolute atomic E-state index is 0.0422. The van der Waals surface area contributed by atoms with Gasteiger partial charge in [0.05, 0.1) is 90.4 Å². The van der Waals surface area contributed by atoms with Crippen LogP contribution < -0.4 is 4.74 Å². The van der Waals surface area contributed by atoms with Gasteiger partial charge in [-0.15, -0.1) is 0 Å². The number of carbonyl (C=O) groups excluding carboxylic acids is 1. The fourth-order valence-corrected chi connectivity index (χ4v) is 3.80. The summed E-state index contributed by atoms with van der Waals surface area (Å²) in [7, 11) is 0. The van der Waals surface area contributed by atoms with E-state index in [4.69, 9.17) is 28.8 Å². The molecule has 1 amide bonds. The molecule has 1 aliphatic heterocycles. The quantitative estimate of drug-likeness (QED) is 0.163. The van der Waals surface area contributed by atoms with Gasteiger partial charge in [-0.1, -0.05) is 0 Å². The van der Waals surface area contributed by atoms with Crippen molar-refractivity contribution in [3.8, 4) is 5.75 Å². The zero-order valence-corrected chi connectivity index (χ0v) is 22.6. The van der Waals surface area contributed by atoms with Crippen molar-refractivity contribution in [2.45, 2.75) is 32.5 Å². The Bertz CT molecular complexity index is 801. The normalized spacial score (nSPS) is 13.9. The average Bonchev–Trinajstić information content (AvgIpc) is 2.95. The highest BCUT2D eigenvalue weighted by molar-refractivity contribution is 5.76. The van der Waals surface area contributed by atoms with Gasteiger partial charge in [-0.3, -0.25) is 19.5 Å². The number of rotatable bonds is 22. The van der Waals surface area contributed by atoms with Crippen molar-refractivity contribution in [1.82, 2.24) is 14.8 Å². The first-order valence-electron chi connectivity index (χ1n) is 13.4. The molecule has 0 spiro atoms. The molecular formula is C26H43N3O10. The van der Waals surface area contributed by atoms with Crippen molar-refractivity contribution < 1.29 is 48.6 Å². The fourth-order valence-electron chi connectivity index (χ4n) is 3.80. The highest BCUT2D eigenvalue weighted by Crippen LogP contribution is 2.15. The predicted molar refractivity (Wildman–Crippen MR) is 139 cm³/mol. The summed E-state index contributed by atoms with van der Waals surface area (Å²) in [5, 5.41) is 27.6. The summed E-state index contributed by atoms with van der Waals surface area (Å²) >= 11 is 0. The lowest BCUT2D eigenvalue weighted by Crippen LogP contribution is -2.38. The lowest BCUT2D eigenvalue weighted by molar-refractivity contribution is -0.138. The molecule has 0 radical (unpaired) electrons. The largest absolute Gasteiger partial charge is 0.492 e. The van der Waals surface area contributed by atoms with Gasteiger partial charge < -0.3 is 43.9 Å². The van der Waals surface area contributed by atoms with E-state index in [1.165, 1.54) is 0 Å². The second-order valence-electron chi connectivity index (χ2n) is 8.87. The maximum absolute atomic E-state index is 12.7. The van der Waals surface area contributed by atoms with E-state index in [9.17, 15) is 19.8 Å². The summed E-state index contributed by atoms with van der Waals surface area (Å²) in [6.07, 6.45) is 0.429. The number of carboxylic acids is 1. The number of ether oxygens (including phenoxy) is 5. The number of carboxylic acid groups (broad SMARTS) is 1. The van der Waals surface area contributed by atoms with Crippen LogP contribution in [0.5, 0.6) is 5.75 Å². The summed E-state index contributed by atoms with van der Waals surface area (Å²) in [4.78, 5) is 31.5. The number of aliphatic carboxylic acids is 1. The molecule has 3 N–H and O–H groups in total. The van der Waals surface area contributed by atoms with Gasteiger partial charge in [0, 0.05) is 44.7 Å². The molecule has 2 heterocycles. The van der Waals surface area contributed by atoms with Crippen LogP contribution in [0.1, 0.15) is 30.7 Å². The van der Waals surface area contributed by atoms with Crippen LogP contribution in [0.2, 0.25) is 0 Å². The second kappa shape index (κ2) is 20.5. The molecule has 1 aromatic rings. The Hall–Kier alpha value is -2.39. The van der Waals surface area contributed by atoms with E-state index in [0.29, 0.717) is 56.6 Å². The highest BCUT2D eigenvalue weighted by Gasteiger charge is 2.15. The number of carbonyl (C=O) groups is 2. The average molecular weight is 558 g/mol. The Kier molecular flexibility index (Phi) is 17.3. The van der Waals surface area contributed by atoms with E-state index in [0.717, 1.165) is 32.8 Å². The van der Waals surface area contributed by atoms with Crippen LogP contribution in [0.25, 0.3) is 0 Å². The molecule has 1 saturated heterocycles. The zero-order chi connectivity index (χ0) is 28.1. The highest BCUT2D eigenvalue weighted by atomic mass is 16.5. The van der Waals surface area contributed by atoms with Crippen molar-refractivity contribution in [1.29, 1.82) is 0 Å². The summed E-state index contributed by atoms with van der Waals surface area (Å²) in [5.74, 6) is -0.670. The molecule has 39 heavy (non-hydrogen) atoms. The van der Waals surface area contributed by atoms with Gasteiger partial charge >= 0.3 is 5.97 Å². The van der Waals surface area contributed by atoms with E-state index >= 15 is 0 Å². The van der Waals surface area contributed by atoms with Crippen LogP contribution in [0.4, 0.5) is 0 Å². The van der Waals surface area contributed by atoms with E-state index in [1.54, 1.807) is 17.0 Å². The summed E-state index contributed by atoms with van der Waals surface area (Å²) < 4.78 is 27.6. The summed E-state index contributed by atoms with van der Waals surface area (Å²) in [6, 6.07) is 3.12. The van der Waals surface area contributed by atoms with Gasteiger partial charge in [0.25, 0.3) is 0 Å². The number of aliphatic hydroxyl groups excluding tert-OH is 2. The molecule has 0 saturated carbocycles. The summed E-state index contributed by atoms with van der Waals surface area (Å²) in [5.41, 5.74) is 0.728. The number of morpholine rings is 1. The molecule has 1 aromatic heterocycles. The smallest absolute Gasteiger partial charge is 0.303 e. The molecule has 0 bridgehead atoms. The van der Waals surface area contributed by atoms with E-state index in [-0.39, 0.29) is 58.3 Å². The maximum Gasteiger partial charge on any atom is 0.303 e. The molecule has 0 unspecified atom stereocenters. The third-order valence-corrected chi connectivity index (χ3v) is 5.89. The Morgan fingerprint density at radius 2 is 1.49 bits per heavy atom. The first kappa shape index (κ1) is 32.8. The number of aromatic nitrogens is 1. The van der Waals surface area contributed by atoms with Crippen LogP contribution >= 0.6 is 0 Å². The molecule has 0 aliphatic carbocycles. The number of aliphatic hydroxyl groups is 2. The van der Waals surface area contributed by atoms with E-state index in [1.807, 2.05) is 0 Å². The van der Waals surface area contributed by atoms with Gasteiger partial charge in [0.1, 0.15) is 12.4 Å². The van der Waals surface area contributed by atoms with Gasteiger partial charge in [-0.05, 0) is 6.42 Å². The van der Waals surface area contributed by atoms with Crippen LogP contribution in [0.3, 0.4) is 0 Å². The molecule has 0 aromatic carbocycles. The van der Waals surface area contributed by atoms with Gasteiger partial charge in [0.2, 0.25) is 5.91 Å². The van der Waals surface area contributed by atoms with Gasteiger partial charge in [-0.25, -0.2) is 0 Å². The third-order valence-electron chi connectivity index (χ3n) is 5.89. The van der Waals surface area contributed by atoms with Crippen molar-refractivity contribution in [3.05, 3.63) is 23.5 Å². The standard InChI is InChI=1S/C26H43N3O10/c30-20-22-18-24(19-23(21-31)27-22)39-13-8-29(4-1-2-26(33)34)25(32)3-9-35-14-16-38-17-15-37-12-7-28-5-10-36-11-6-28/h18-19,30-31H,1-17,20-21H2,(H,33,34). The Labute approximate surface area is 229 Å². The SMILES string of the molecule is O=C(O)CCCN(CCOc1cc(CO)nc(CO)c1)C(=O)CCOCCOCCOCCN1CCOCC1. The second-order valence-corrected chi connectivity index (χ2v) is 8.87. The van der Waals surface area contributed by atoms with Gasteiger partial charge in [-0.2, -0.15) is 0 Å². The van der Waals surface area contributed by atoms with Crippen LogP contribution in [-0.2, 0) is 41.8 Å². The minimum atomic E-state index is -0.922. The molecular weight excluding hydrogens is 514 g/mol. The maximum atomic E-state index is 12.7. The first-order chi connectivity index (χ1) is 19.0. The predicted octanol–water partition coefficient (Wildman–Crippen LogP) is -0.0895. The fraction of sp³-hybridized carbons (Fsp3) is 0.731. The zero-order valence-electron chi connectivity index (χ0n) is 22.6. The monoisotopic (exact) mass is 557 g/mol. The van der Waals surface area contributed by atoms with Crippen LogP contribution in [0.15, 0.2) is 12.1 Å². The number of nitrogens with zero attached hydrogens (tertiary/aromatic N) is 3. The number of pyridine rings is 1. The number of hydrogen-bond donors (Lipinski definition) is 3. The molecule has 13 nitrogen and oxygen atoms in total. The summed E-state index contributed by atoms with van der Waals surface area (Å²) in [6.45, 7) is 7.03. The molecule has 1 fully saturated rings. The van der Waals surface area contributed by atoms with Crippen molar-refractivity contribution in [2.24, 2.45) is 0 Å². The van der Waals surface area contributed by atoms with Crippen molar-refractivity contribution in [2.75, 3.05) is 92.2 Å². The Morgan fingerprint density at radius 1 is 0.872 bits per heavy atom. The Balaban J connectivity index is 1.59. The topological polar surface area (TPSA) is 160 Å². The number of hydrogen-bond acceptors (Lipinski definition) is 11. The number of amides is 1. The van der Waals surface area contributed by atoms with Gasteiger partial charge in [0.15, 0.2) is 0 Å². The molecule has 13 heteroatoms. The molecule has 2 rings (SSSR count). The van der Waals surface area contributed by atoms with Crippen LogP contribution in [0, 0.1) is 0 Å². The van der Waals surface area contributed by atoms with Crippen molar-refractivity contribution >= 4 is 11.9 Å². The lowest BCUT2D eigenvalue weighted by atomic mass is 10.2.